The van der Waals surface area contributed by atoms with Gasteiger partial charge in [-0.25, -0.2) is 22.0 Å². The van der Waals surface area contributed by atoms with E-state index >= 15 is 4.39 Å². The smallest absolute Gasteiger partial charge is 0.372 e. The van der Waals surface area contributed by atoms with Crippen LogP contribution in [0.3, 0.4) is 0 Å². The van der Waals surface area contributed by atoms with Crippen molar-refractivity contribution in [2.75, 3.05) is 19.8 Å². The fraction of sp³-hybridized carbons (Fsp3) is 1.00. The summed E-state index contributed by atoms with van der Waals surface area (Å²) < 4.78 is 249. The molecule has 3 unspecified atom stereocenters. The molecule has 21 heteroatoms. The van der Waals surface area contributed by atoms with Crippen molar-refractivity contribution in [3.05, 3.63) is 0 Å². The Balaban J connectivity index is 6.95. The van der Waals surface area contributed by atoms with Crippen LogP contribution in [0.15, 0.2) is 0 Å². The Hall–Kier alpha value is -1.09. The molecule has 0 saturated carbocycles. The summed E-state index contributed by atoms with van der Waals surface area (Å²) in [6, 6.07) is 0. The van der Waals surface area contributed by atoms with Crippen molar-refractivity contribution < 1.29 is 87.9 Å². The summed E-state index contributed by atoms with van der Waals surface area (Å²) in [5, 5.41) is 0. The van der Waals surface area contributed by atoms with Crippen molar-refractivity contribution in [3.8, 4) is 0 Å². The maximum Gasteiger partial charge on any atom is 0.543 e. The van der Waals surface area contributed by atoms with Crippen molar-refractivity contribution in [1.82, 2.24) is 0 Å². The minimum Gasteiger partial charge on any atom is -0.372 e. The van der Waals surface area contributed by atoms with Crippen molar-refractivity contribution in [2.45, 2.75) is 100 Å². The molecule has 0 aliphatic rings. The van der Waals surface area contributed by atoms with Crippen LogP contribution in [0, 0.1) is 0 Å². The molecular weight excluding hydrogens is 627 g/mol. The predicted molar refractivity (Wildman–Crippen MR) is 105 cm³/mol. The van der Waals surface area contributed by atoms with Crippen molar-refractivity contribution in [2.24, 2.45) is 0 Å². The summed E-state index contributed by atoms with van der Waals surface area (Å²) in [6.45, 7) is 1.23. The molecule has 0 radical (unpaired) electrons. The van der Waals surface area contributed by atoms with Crippen molar-refractivity contribution in [1.29, 1.82) is 0 Å². The molecule has 0 N–H and O–H groups in total. The summed E-state index contributed by atoms with van der Waals surface area (Å²) >= 11 is 0. The van der Waals surface area contributed by atoms with Crippen LogP contribution < -0.4 is 0 Å². The zero-order valence-corrected chi connectivity index (χ0v) is 21.7. The highest BCUT2D eigenvalue weighted by Crippen LogP contribution is 2.62. The van der Waals surface area contributed by atoms with Gasteiger partial charge in [0.15, 0.2) is 6.17 Å². The van der Waals surface area contributed by atoms with Crippen LogP contribution in [0.4, 0.5) is 74.6 Å². The third kappa shape index (κ3) is 6.60. The van der Waals surface area contributed by atoms with Crippen LogP contribution in [-0.2, 0) is 13.3 Å². The lowest BCUT2D eigenvalue weighted by Gasteiger charge is -2.44. The van der Waals surface area contributed by atoms with E-state index in [-0.39, 0.29) is 19.3 Å². The predicted octanol–water partition coefficient (Wildman–Crippen LogP) is 7.84. The molecule has 0 rings (SSSR count). The van der Waals surface area contributed by atoms with Crippen LogP contribution in [0.5, 0.6) is 0 Å². The minimum absolute atomic E-state index is 0.206. The maximum atomic E-state index is 15.1. The van der Waals surface area contributed by atoms with Gasteiger partial charge in [-0.2, -0.15) is 52.7 Å². The van der Waals surface area contributed by atoms with Gasteiger partial charge in [0.2, 0.25) is 12.0 Å². The molecule has 0 aliphatic heterocycles. The molecular formula is C19H25F17O3Si. The van der Waals surface area contributed by atoms with E-state index in [0.29, 0.717) is 0 Å². The Bertz CT molecular complexity index is 761. The van der Waals surface area contributed by atoms with Crippen LogP contribution >= 0.6 is 0 Å². The second-order valence-electron chi connectivity index (χ2n) is 8.24. The summed E-state index contributed by atoms with van der Waals surface area (Å²) in [4.78, 5) is 0. The topological polar surface area (TPSA) is 27.7 Å². The Morgan fingerprint density at radius 1 is 0.500 bits per heavy atom. The SMILES string of the molecule is CCCO[Si](OCCC)(OCCC)C(F)C(F)(F)C(F)(F)C(F)(F)C(F)(F)C(F)(F)C(F)(F)C(F)C(F)C(F)F. The van der Waals surface area contributed by atoms with Gasteiger partial charge in [-0.05, 0) is 19.3 Å². The van der Waals surface area contributed by atoms with Gasteiger partial charge in [0.25, 0.3) is 6.43 Å². The fourth-order valence-electron chi connectivity index (χ4n) is 2.77. The minimum atomic E-state index is -8.45. The molecule has 3 nitrogen and oxygen atoms in total. The molecule has 0 aliphatic carbocycles. The molecule has 0 aromatic heterocycles. The first kappa shape index (κ1) is 38.9. The van der Waals surface area contributed by atoms with Gasteiger partial charge < -0.3 is 13.3 Å². The third-order valence-electron chi connectivity index (χ3n) is 5.04. The number of hydrogen-bond donors (Lipinski definition) is 0. The molecule has 0 bridgehead atoms. The maximum absolute atomic E-state index is 15.1. The zero-order chi connectivity index (χ0) is 32.2. The second kappa shape index (κ2) is 13.5. The van der Waals surface area contributed by atoms with Gasteiger partial charge in [-0.3, -0.25) is 0 Å². The van der Waals surface area contributed by atoms with Gasteiger partial charge >= 0.3 is 44.3 Å². The summed E-state index contributed by atoms with van der Waals surface area (Å²) in [5.41, 5.74) is 0. The molecule has 0 heterocycles. The van der Waals surface area contributed by atoms with E-state index in [4.69, 9.17) is 0 Å². The van der Waals surface area contributed by atoms with E-state index < -0.39 is 88.7 Å². The monoisotopic (exact) mass is 652 g/mol. The highest BCUT2D eigenvalue weighted by atomic mass is 28.4. The number of rotatable bonds is 19. The van der Waals surface area contributed by atoms with Gasteiger partial charge in [-0.1, -0.05) is 20.8 Å². The molecule has 0 aromatic rings. The third-order valence-corrected chi connectivity index (χ3v) is 7.84. The Labute approximate surface area is 217 Å². The lowest BCUT2D eigenvalue weighted by Crippen LogP contribution is -2.75. The number of alkyl halides is 17. The molecule has 3 atom stereocenters. The molecule has 242 valence electrons. The molecule has 40 heavy (non-hydrogen) atoms. The first-order valence-corrected chi connectivity index (χ1v) is 13.0. The largest absolute Gasteiger partial charge is 0.543 e. The Morgan fingerprint density at radius 3 is 1.07 bits per heavy atom. The van der Waals surface area contributed by atoms with E-state index in [1.54, 1.807) is 0 Å². The highest BCUT2D eigenvalue weighted by molar-refractivity contribution is 6.62. The highest BCUT2D eigenvalue weighted by Gasteiger charge is 2.93. The van der Waals surface area contributed by atoms with E-state index in [2.05, 4.69) is 13.3 Å². The van der Waals surface area contributed by atoms with Crippen LogP contribution in [-0.4, -0.2) is 88.7 Å². The van der Waals surface area contributed by atoms with Crippen molar-refractivity contribution >= 4 is 8.80 Å². The molecule has 0 saturated heterocycles. The Kier molecular flexibility index (Phi) is 13.1. The van der Waals surface area contributed by atoms with Crippen molar-refractivity contribution in [3.63, 3.8) is 0 Å². The lowest BCUT2D eigenvalue weighted by atomic mass is 9.89. The number of halogens is 17. The quantitative estimate of drug-likeness (QED) is 0.105. The van der Waals surface area contributed by atoms with Crippen LogP contribution in [0.2, 0.25) is 0 Å². The van der Waals surface area contributed by atoms with Gasteiger partial charge in [0, 0.05) is 19.8 Å². The average molecular weight is 652 g/mol. The molecule has 0 fully saturated rings. The lowest BCUT2D eigenvalue weighted by molar-refractivity contribution is -0.433. The normalized spacial score (nSPS) is 17.3. The second-order valence-corrected chi connectivity index (χ2v) is 10.8. The molecule has 0 aromatic carbocycles. The zero-order valence-electron chi connectivity index (χ0n) is 20.7. The summed E-state index contributed by atoms with van der Waals surface area (Å²) in [6.07, 6.45) is -16.3. The first-order chi connectivity index (χ1) is 17.9. The van der Waals surface area contributed by atoms with E-state index in [9.17, 15) is 70.2 Å². The van der Waals surface area contributed by atoms with Crippen LogP contribution in [0.25, 0.3) is 0 Å². The molecule has 0 spiro atoms. The van der Waals surface area contributed by atoms with Gasteiger partial charge in [0.1, 0.15) is 0 Å². The molecule has 0 amide bonds. The Morgan fingerprint density at radius 2 is 0.800 bits per heavy atom. The van der Waals surface area contributed by atoms with Gasteiger partial charge in [-0.15, -0.1) is 0 Å². The fourth-order valence-corrected chi connectivity index (χ4v) is 5.55. The number of hydrogen-bond acceptors (Lipinski definition) is 3. The summed E-state index contributed by atoms with van der Waals surface area (Å²) in [5.74, 6) is -52.9. The van der Waals surface area contributed by atoms with Gasteiger partial charge in [0.05, 0.1) is 0 Å². The van der Waals surface area contributed by atoms with E-state index in [1.165, 1.54) is 20.8 Å². The summed E-state index contributed by atoms with van der Waals surface area (Å²) in [7, 11) is -5.98. The van der Waals surface area contributed by atoms with E-state index in [0.717, 1.165) is 0 Å². The first-order valence-electron chi connectivity index (χ1n) is 11.2. The average Bonchev–Trinajstić information content (AvgIpc) is 2.86. The van der Waals surface area contributed by atoms with Crippen LogP contribution in [0.1, 0.15) is 40.0 Å². The standard InChI is InChI=1S/C19H25F17O3Si/c1-4-7-37-40(38-8-5-2,39-9-6-3)13(24)15(27,28)17(31,32)19(35,36)18(33,34)16(29,30)14(25,26)11(21)10(20)12(22)23/h10-13H,4-9H2,1-3H3. The van der Waals surface area contributed by atoms with E-state index in [1.807, 2.05) is 0 Å².